The van der Waals surface area contributed by atoms with Crippen LogP contribution in [0.1, 0.15) is 42.3 Å². The summed E-state index contributed by atoms with van der Waals surface area (Å²) in [5.74, 6) is 0.913. The minimum atomic E-state index is -0.696. The molecule has 0 aromatic carbocycles. The second-order valence-corrected chi connectivity index (χ2v) is 9.50. The van der Waals surface area contributed by atoms with Gasteiger partial charge in [0, 0.05) is 57.4 Å². The van der Waals surface area contributed by atoms with Gasteiger partial charge >= 0.3 is 0 Å². The maximum atomic E-state index is 13.9. The lowest BCUT2D eigenvalue weighted by atomic mass is 9.91. The van der Waals surface area contributed by atoms with E-state index in [1.165, 1.54) is 17.7 Å². The van der Waals surface area contributed by atoms with E-state index in [4.69, 9.17) is 9.97 Å². The first-order valence-corrected chi connectivity index (χ1v) is 11.8. The number of imidazole rings is 1. The number of nitrogens with zero attached hydrogens (tertiary/aromatic N) is 7. The van der Waals surface area contributed by atoms with Crippen LogP contribution in [0.15, 0.2) is 36.8 Å². The van der Waals surface area contributed by atoms with E-state index < -0.39 is 6.17 Å². The second kappa shape index (κ2) is 8.08. The fraction of sp³-hybridized carbons (Fsp3) is 0.542. The third kappa shape index (κ3) is 3.55. The zero-order chi connectivity index (χ0) is 21.7. The van der Waals surface area contributed by atoms with Crippen molar-refractivity contribution in [3.05, 3.63) is 53.7 Å². The van der Waals surface area contributed by atoms with Crippen molar-refractivity contribution >= 4 is 11.6 Å². The maximum absolute atomic E-state index is 13.9. The van der Waals surface area contributed by atoms with Gasteiger partial charge in [-0.25, -0.2) is 14.4 Å². The lowest BCUT2D eigenvalue weighted by molar-refractivity contribution is 0.206. The predicted octanol–water partition coefficient (Wildman–Crippen LogP) is 2.87. The SMILES string of the molecule is CN(Cc1cn2c(N3CCN4C[C@@H](F)C[C@H]4C3)nccc2n1)C1CCCc2cccnc21. The largest absolute Gasteiger partial charge is 0.339 e. The number of rotatable bonds is 4. The van der Waals surface area contributed by atoms with Gasteiger partial charge in [-0.15, -0.1) is 0 Å². The fourth-order valence-electron chi connectivity index (χ4n) is 5.81. The highest BCUT2D eigenvalue weighted by atomic mass is 19.1. The quantitative estimate of drug-likeness (QED) is 0.628. The van der Waals surface area contributed by atoms with Gasteiger partial charge in [-0.2, -0.15) is 0 Å². The van der Waals surface area contributed by atoms with E-state index in [2.05, 4.69) is 43.4 Å². The summed E-state index contributed by atoms with van der Waals surface area (Å²) in [5.41, 5.74) is 4.54. The summed E-state index contributed by atoms with van der Waals surface area (Å²) in [5, 5.41) is 0. The van der Waals surface area contributed by atoms with Gasteiger partial charge in [-0.1, -0.05) is 6.07 Å². The monoisotopic (exact) mass is 435 g/mol. The fourth-order valence-corrected chi connectivity index (χ4v) is 5.81. The smallest absolute Gasteiger partial charge is 0.211 e. The van der Waals surface area contributed by atoms with Crippen molar-refractivity contribution < 1.29 is 4.39 Å². The van der Waals surface area contributed by atoms with Crippen LogP contribution in [0.2, 0.25) is 0 Å². The number of aromatic nitrogens is 4. The Labute approximate surface area is 187 Å². The molecule has 0 amide bonds. The molecule has 3 aliphatic rings. The van der Waals surface area contributed by atoms with Crippen molar-refractivity contribution in [2.45, 2.75) is 50.5 Å². The van der Waals surface area contributed by atoms with E-state index in [1.54, 1.807) is 0 Å². The minimum absolute atomic E-state index is 0.281. The molecule has 3 aromatic rings. The zero-order valence-corrected chi connectivity index (χ0v) is 18.6. The molecule has 2 saturated heterocycles. The van der Waals surface area contributed by atoms with Crippen LogP contribution in [-0.2, 0) is 13.0 Å². The number of aryl methyl sites for hydroxylation is 1. The third-order valence-electron chi connectivity index (χ3n) is 7.37. The number of hydrogen-bond acceptors (Lipinski definition) is 6. The van der Waals surface area contributed by atoms with E-state index in [9.17, 15) is 4.39 Å². The van der Waals surface area contributed by atoms with Crippen LogP contribution in [0.25, 0.3) is 5.65 Å². The second-order valence-electron chi connectivity index (χ2n) is 9.50. The lowest BCUT2D eigenvalue weighted by Gasteiger charge is -2.37. The molecular formula is C24H30FN7. The Morgan fingerprint density at radius 2 is 2.09 bits per heavy atom. The highest BCUT2D eigenvalue weighted by molar-refractivity contribution is 5.48. The molecule has 7 nitrogen and oxygen atoms in total. The molecule has 0 radical (unpaired) electrons. The molecule has 6 rings (SSSR count). The normalized spacial score (nSPS) is 26.0. The van der Waals surface area contributed by atoms with Gasteiger partial charge in [0.2, 0.25) is 5.95 Å². The van der Waals surface area contributed by atoms with Crippen LogP contribution in [0.5, 0.6) is 0 Å². The highest BCUT2D eigenvalue weighted by Gasteiger charge is 2.37. The Hall–Kier alpha value is -2.58. The number of halogens is 1. The topological polar surface area (TPSA) is 52.8 Å². The van der Waals surface area contributed by atoms with Gasteiger partial charge in [0.25, 0.3) is 0 Å². The van der Waals surface area contributed by atoms with E-state index in [0.717, 1.165) is 56.3 Å². The standard InChI is InChI=1S/C24H30FN7/c1-29(21-6-2-4-17-5-3-8-26-23(17)21)14-19-15-32-22(28-19)7-9-27-24(32)31-11-10-30-13-18(25)12-20(30)16-31/h3,5,7-9,15,18,20-21H,2,4,6,10-14,16H2,1H3/t18-,20-,21?/m0/s1. The van der Waals surface area contributed by atoms with Crippen LogP contribution in [0, 0.1) is 0 Å². The number of hydrogen-bond donors (Lipinski definition) is 0. The van der Waals surface area contributed by atoms with Crippen molar-refractivity contribution in [1.82, 2.24) is 29.2 Å². The van der Waals surface area contributed by atoms with Gasteiger partial charge in [0.05, 0.1) is 17.4 Å². The minimum Gasteiger partial charge on any atom is -0.339 e. The summed E-state index contributed by atoms with van der Waals surface area (Å²) in [7, 11) is 2.17. The van der Waals surface area contributed by atoms with Crippen molar-refractivity contribution in [3.8, 4) is 0 Å². The molecule has 1 unspecified atom stereocenters. The number of fused-ring (bicyclic) bond motifs is 3. The molecule has 1 aliphatic carbocycles. The molecular weight excluding hydrogens is 405 g/mol. The lowest BCUT2D eigenvalue weighted by Crippen LogP contribution is -2.50. The van der Waals surface area contributed by atoms with Crippen LogP contribution >= 0.6 is 0 Å². The molecule has 5 heterocycles. The van der Waals surface area contributed by atoms with E-state index >= 15 is 0 Å². The van der Waals surface area contributed by atoms with Crippen LogP contribution in [0.4, 0.5) is 10.3 Å². The first kappa shape index (κ1) is 20.1. The van der Waals surface area contributed by atoms with E-state index in [0.29, 0.717) is 19.0 Å². The Morgan fingerprint density at radius 3 is 3.03 bits per heavy atom. The first-order valence-electron chi connectivity index (χ1n) is 11.8. The molecule has 0 saturated carbocycles. The summed E-state index contributed by atoms with van der Waals surface area (Å²) in [4.78, 5) is 21.2. The highest BCUT2D eigenvalue weighted by Crippen LogP contribution is 2.33. The van der Waals surface area contributed by atoms with Gasteiger partial charge in [-0.3, -0.25) is 19.2 Å². The molecule has 0 N–H and O–H groups in total. The summed E-state index contributed by atoms with van der Waals surface area (Å²) in [6.07, 6.45) is 9.24. The molecule has 2 aliphatic heterocycles. The molecule has 2 fully saturated rings. The molecule has 0 bridgehead atoms. The average Bonchev–Trinajstić information content (AvgIpc) is 3.39. The summed E-state index contributed by atoms with van der Waals surface area (Å²) in [6.45, 7) is 3.93. The average molecular weight is 436 g/mol. The van der Waals surface area contributed by atoms with E-state index in [1.807, 2.05) is 24.5 Å². The van der Waals surface area contributed by atoms with Crippen LogP contribution in [0.3, 0.4) is 0 Å². The van der Waals surface area contributed by atoms with Crippen molar-refractivity contribution in [3.63, 3.8) is 0 Å². The van der Waals surface area contributed by atoms with Gasteiger partial charge in [0.1, 0.15) is 11.8 Å². The summed E-state index contributed by atoms with van der Waals surface area (Å²) < 4.78 is 16.0. The van der Waals surface area contributed by atoms with Crippen LogP contribution < -0.4 is 4.90 Å². The molecule has 8 heteroatoms. The summed E-state index contributed by atoms with van der Waals surface area (Å²) >= 11 is 0. The number of anilines is 1. The molecule has 168 valence electrons. The van der Waals surface area contributed by atoms with Gasteiger partial charge in [0.15, 0.2) is 0 Å². The van der Waals surface area contributed by atoms with Crippen molar-refractivity contribution in [2.24, 2.45) is 0 Å². The number of piperazine rings is 1. The maximum Gasteiger partial charge on any atom is 0.211 e. The van der Waals surface area contributed by atoms with Crippen molar-refractivity contribution in [2.75, 3.05) is 38.1 Å². The Bertz CT molecular complexity index is 1110. The Balaban J connectivity index is 1.23. The van der Waals surface area contributed by atoms with Crippen LogP contribution in [-0.4, -0.2) is 74.6 Å². The first-order chi connectivity index (χ1) is 15.7. The third-order valence-corrected chi connectivity index (χ3v) is 7.37. The number of pyridine rings is 1. The zero-order valence-electron chi connectivity index (χ0n) is 18.6. The molecule has 0 spiro atoms. The molecule has 32 heavy (non-hydrogen) atoms. The van der Waals surface area contributed by atoms with E-state index in [-0.39, 0.29) is 6.04 Å². The Morgan fingerprint density at radius 1 is 1.16 bits per heavy atom. The van der Waals surface area contributed by atoms with Gasteiger partial charge in [-0.05, 0) is 50.4 Å². The van der Waals surface area contributed by atoms with Crippen molar-refractivity contribution in [1.29, 1.82) is 0 Å². The summed E-state index contributed by atoms with van der Waals surface area (Å²) in [6, 6.07) is 6.82. The molecule has 3 atom stereocenters. The molecule has 3 aromatic heterocycles. The number of alkyl halides is 1. The predicted molar refractivity (Wildman–Crippen MR) is 121 cm³/mol. The van der Waals surface area contributed by atoms with Gasteiger partial charge < -0.3 is 4.90 Å². The Kier molecular flexibility index (Phi) is 5.07.